The maximum atomic E-state index is 14.0. The van der Waals surface area contributed by atoms with E-state index in [0.29, 0.717) is 18.2 Å². The number of carbonyl (C=O) groups excluding carboxylic acids is 1. The molecule has 1 amide bonds. The number of nitrogens with one attached hydrogen (secondary N) is 1. The molecule has 0 atom stereocenters. The fourth-order valence-electron chi connectivity index (χ4n) is 4.55. The van der Waals surface area contributed by atoms with Crippen molar-refractivity contribution in [1.82, 2.24) is 14.8 Å². The van der Waals surface area contributed by atoms with Crippen molar-refractivity contribution in [2.75, 3.05) is 23.3 Å². The van der Waals surface area contributed by atoms with Crippen LogP contribution in [0.5, 0.6) is 0 Å². The second kappa shape index (κ2) is 8.26. The summed E-state index contributed by atoms with van der Waals surface area (Å²) in [4.78, 5) is 18.5. The summed E-state index contributed by atoms with van der Waals surface area (Å²) in [6, 6.07) is 12.2. The molecule has 32 heavy (non-hydrogen) atoms. The lowest BCUT2D eigenvalue weighted by Crippen LogP contribution is -2.39. The van der Waals surface area contributed by atoms with Crippen molar-refractivity contribution in [3.63, 3.8) is 0 Å². The normalized spacial score (nSPS) is 22.9. The van der Waals surface area contributed by atoms with Crippen LogP contribution in [-0.2, 0) is 4.74 Å². The molecule has 0 radical (unpaired) electrons. The van der Waals surface area contributed by atoms with Gasteiger partial charge in [-0.1, -0.05) is 12.1 Å². The van der Waals surface area contributed by atoms with Gasteiger partial charge in [0, 0.05) is 24.5 Å². The number of benzene rings is 1. The quantitative estimate of drug-likeness (QED) is 0.628. The van der Waals surface area contributed by atoms with E-state index in [-0.39, 0.29) is 11.9 Å². The molecule has 3 aromatic rings. The van der Waals surface area contributed by atoms with Gasteiger partial charge in [-0.3, -0.25) is 9.88 Å². The van der Waals surface area contributed by atoms with E-state index in [0.717, 1.165) is 49.4 Å². The summed E-state index contributed by atoms with van der Waals surface area (Å²) in [6.07, 6.45) is 6.80. The maximum absolute atomic E-state index is 14.0. The SMILES string of the molecule is Cc1ccc(N2C[C@]3(CC[C@@H](CNc4ccn(-c5ccccc5F)n4)CC3)OC2=O)cn1. The molecule has 7 nitrogen and oxygen atoms in total. The number of para-hydroxylation sites is 1. The van der Waals surface area contributed by atoms with Crippen LogP contribution in [0.4, 0.5) is 20.7 Å². The molecule has 1 spiro atoms. The molecular weight excluding hydrogens is 409 g/mol. The molecule has 0 unspecified atom stereocenters. The van der Waals surface area contributed by atoms with E-state index in [4.69, 9.17) is 4.74 Å². The molecule has 1 aliphatic carbocycles. The number of rotatable bonds is 5. The summed E-state index contributed by atoms with van der Waals surface area (Å²) < 4.78 is 21.4. The third-order valence-corrected chi connectivity index (χ3v) is 6.45. The standard InChI is InChI=1S/C24H26FN5O2/c1-17-6-7-19(15-26-17)29-16-24(32-23(29)31)11-8-18(9-12-24)14-27-22-10-13-30(28-22)21-5-3-2-4-20(21)25/h2-7,10,13,15,18H,8-9,11-12,14,16H2,1H3,(H,27,28)/t18-,24-. The predicted molar refractivity (Wildman–Crippen MR) is 120 cm³/mol. The summed E-state index contributed by atoms with van der Waals surface area (Å²) >= 11 is 0. The second-order valence-electron chi connectivity index (χ2n) is 8.72. The van der Waals surface area contributed by atoms with Crippen LogP contribution in [0.3, 0.4) is 0 Å². The van der Waals surface area contributed by atoms with Crippen LogP contribution in [0.15, 0.2) is 54.9 Å². The lowest BCUT2D eigenvalue weighted by atomic mass is 9.78. The van der Waals surface area contributed by atoms with E-state index in [1.165, 1.54) is 6.07 Å². The fraction of sp³-hybridized carbons (Fsp3) is 0.375. The van der Waals surface area contributed by atoms with Gasteiger partial charge in [0.05, 0.1) is 18.4 Å². The number of nitrogens with zero attached hydrogens (tertiary/aromatic N) is 4. The molecule has 2 fully saturated rings. The van der Waals surface area contributed by atoms with Crippen LogP contribution in [0.1, 0.15) is 31.4 Å². The highest BCUT2D eigenvalue weighted by Gasteiger charge is 2.47. The molecule has 8 heteroatoms. The van der Waals surface area contributed by atoms with Gasteiger partial charge in [-0.2, -0.15) is 5.10 Å². The van der Waals surface area contributed by atoms with Crippen molar-refractivity contribution in [3.8, 4) is 5.69 Å². The number of carbonyl (C=O) groups is 1. The zero-order valence-corrected chi connectivity index (χ0v) is 18.0. The van der Waals surface area contributed by atoms with Gasteiger partial charge < -0.3 is 10.1 Å². The Morgan fingerprint density at radius 2 is 2.00 bits per heavy atom. The molecular formula is C24H26FN5O2. The minimum Gasteiger partial charge on any atom is -0.441 e. The van der Waals surface area contributed by atoms with Crippen molar-refractivity contribution in [1.29, 1.82) is 0 Å². The lowest BCUT2D eigenvalue weighted by molar-refractivity contribution is 0.0148. The van der Waals surface area contributed by atoms with Crippen LogP contribution >= 0.6 is 0 Å². The predicted octanol–water partition coefficient (Wildman–Crippen LogP) is 4.71. The molecule has 5 rings (SSSR count). The summed E-state index contributed by atoms with van der Waals surface area (Å²) in [5.41, 5.74) is 1.72. The van der Waals surface area contributed by atoms with Crippen molar-refractivity contribution in [3.05, 3.63) is 66.4 Å². The molecule has 1 saturated carbocycles. The van der Waals surface area contributed by atoms with Gasteiger partial charge in [0.25, 0.3) is 0 Å². The minimum atomic E-state index is -0.412. The van der Waals surface area contributed by atoms with Crippen molar-refractivity contribution in [2.24, 2.45) is 5.92 Å². The van der Waals surface area contributed by atoms with Crippen LogP contribution in [0, 0.1) is 18.7 Å². The van der Waals surface area contributed by atoms with Gasteiger partial charge in [0.1, 0.15) is 22.9 Å². The molecule has 1 aromatic carbocycles. The lowest BCUT2D eigenvalue weighted by Gasteiger charge is -2.35. The summed E-state index contributed by atoms with van der Waals surface area (Å²) in [5, 5.41) is 7.81. The van der Waals surface area contributed by atoms with E-state index in [1.54, 1.807) is 40.2 Å². The largest absolute Gasteiger partial charge is 0.441 e. The molecule has 1 saturated heterocycles. The minimum absolute atomic E-state index is 0.286. The number of pyridine rings is 1. The number of aryl methyl sites for hydroxylation is 1. The summed E-state index contributed by atoms with van der Waals surface area (Å²) in [5.74, 6) is 0.883. The first-order chi connectivity index (χ1) is 15.5. The zero-order valence-electron chi connectivity index (χ0n) is 18.0. The summed E-state index contributed by atoms with van der Waals surface area (Å²) in [7, 11) is 0. The Bertz CT molecular complexity index is 1110. The van der Waals surface area contributed by atoms with Gasteiger partial charge >= 0.3 is 6.09 Å². The van der Waals surface area contributed by atoms with Gasteiger partial charge in [-0.05, 0) is 62.8 Å². The Kier molecular flexibility index (Phi) is 5.28. The van der Waals surface area contributed by atoms with Crippen LogP contribution < -0.4 is 10.2 Å². The Morgan fingerprint density at radius 1 is 1.19 bits per heavy atom. The zero-order chi connectivity index (χ0) is 22.1. The van der Waals surface area contributed by atoms with Crippen LogP contribution in [0.2, 0.25) is 0 Å². The smallest absolute Gasteiger partial charge is 0.415 e. The Hall–Kier alpha value is -3.42. The second-order valence-corrected chi connectivity index (χ2v) is 8.72. The number of amides is 1. The molecule has 0 bridgehead atoms. The topological polar surface area (TPSA) is 72.3 Å². The first-order valence-electron chi connectivity index (χ1n) is 11.0. The van der Waals surface area contributed by atoms with E-state index in [2.05, 4.69) is 15.4 Å². The van der Waals surface area contributed by atoms with E-state index in [9.17, 15) is 9.18 Å². The molecule has 166 valence electrons. The average molecular weight is 436 g/mol. The van der Waals surface area contributed by atoms with E-state index >= 15 is 0 Å². The Labute approximate surface area is 186 Å². The van der Waals surface area contributed by atoms with Crippen molar-refractivity contribution in [2.45, 2.75) is 38.2 Å². The van der Waals surface area contributed by atoms with E-state index < -0.39 is 5.60 Å². The number of hydrogen-bond acceptors (Lipinski definition) is 5. The first kappa shape index (κ1) is 20.5. The highest BCUT2D eigenvalue weighted by molar-refractivity contribution is 5.90. The van der Waals surface area contributed by atoms with Gasteiger partial charge in [0.15, 0.2) is 0 Å². The first-order valence-corrected chi connectivity index (χ1v) is 11.0. The monoisotopic (exact) mass is 435 g/mol. The van der Waals surface area contributed by atoms with Gasteiger partial charge in [0.2, 0.25) is 0 Å². The van der Waals surface area contributed by atoms with Crippen LogP contribution in [-0.4, -0.2) is 39.5 Å². The van der Waals surface area contributed by atoms with Gasteiger partial charge in [-0.25, -0.2) is 13.9 Å². The number of hydrogen-bond donors (Lipinski definition) is 1. The number of anilines is 2. The molecule has 1 N–H and O–H groups in total. The van der Waals surface area contributed by atoms with Gasteiger partial charge in [-0.15, -0.1) is 0 Å². The molecule has 3 heterocycles. The Morgan fingerprint density at radius 3 is 2.75 bits per heavy atom. The Balaban J connectivity index is 1.15. The average Bonchev–Trinajstić information content (AvgIpc) is 3.39. The third-order valence-electron chi connectivity index (χ3n) is 6.45. The molecule has 2 aliphatic rings. The molecule has 1 aliphatic heterocycles. The third kappa shape index (κ3) is 4.04. The molecule has 2 aromatic heterocycles. The van der Waals surface area contributed by atoms with E-state index in [1.807, 2.05) is 25.1 Å². The van der Waals surface area contributed by atoms with Crippen LogP contribution in [0.25, 0.3) is 5.69 Å². The van der Waals surface area contributed by atoms with Crippen molar-refractivity contribution >= 4 is 17.6 Å². The highest BCUT2D eigenvalue weighted by atomic mass is 19.1. The number of ether oxygens (including phenoxy) is 1. The summed E-state index contributed by atoms with van der Waals surface area (Å²) in [6.45, 7) is 3.28. The van der Waals surface area contributed by atoms with Crippen molar-refractivity contribution < 1.29 is 13.9 Å². The number of halogens is 1. The fourth-order valence-corrected chi connectivity index (χ4v) is 4.55. The maximum Gasteiger partial charge on any atom is 0.415 e. The highest BCUT2D eigenvalue weighted by Crippen LogP contribution is 2.40. The number of aromatic nitrogens is 3.